The largest absolute Gasteiger partial charge is 0.457 e. The molecule has 0 saturated heterocycles. The third-order valence-electron chi connectivity index (χ3n) is 1.59. The molecule has 0 saturated carbocycles. The molecule has 0 rings (SSSR count). The summed E-state index contributed by atoms with van der Waals surface area (Å²) < 4.78 is 80.4. The summed E-state index contributed by atoms with van der Waals surface area (Å²) in [6.45, 7) is 4.42. The van der Waals surface area contributed by atoms with Gasteiger partial charge in [0.2, 0.25) is 0 Å². The SMILES string of the molecule is CC(C)(C)OC(=O)C=CC(=O)OC(C(F)(F)F)C(F)(F)F. The maximum absolute atomic E-state index is 12.1. The minimum atomic E-state index is -5.81. The van der Waals surface area contributed by atoms with Crippen LogP contribution in [0.3, 0.4) is 0 Å². The Morgan fingerprint density at radius 1 is 0.857 bits per heavy atom. The van der Waals surface area contributed by atoms with Gasteiger partial charge < -0.3 is 9.47 Å². The quantitative estimate of drug-likeness (QED) is 0.455. The van der Waals surface area contributed by atoms with Crippen LogP contribution in [-0.4, -0.2) is 36.0 Å². The van der Waals surface area contributed by atoms with E-state index in [9.17, 15) is 35.9 Å². The molecule has 0 radical (unpaired) electrons. The molecule has 0 fully saturated rings. The van der Waals surface area contributed by atoms with Gasteiger partial charge in [0.15, 0.2) is 0 Å². The zero-order valence-electron chi connectivity index (χ0n) is 11.1. The van der Waals surface area contributed by atoms with Crippen molar-refractivity contribution < 1.29 is 45.4 Å². The zero-order valence-corrected chi connectivity index (χ0v) is 11.1. The highest BCUT2D eigenvalue weighted by molar-refractivity contribution is 5.91. The molecule has 0 aliphatic carbocycles. The molecule has 0 aliphatic heterocycles. The van der Waals surface area contributed by atoms with E-state index in [1.807, 2.05) is 0 Å². The van der Waals surface area contributed by atoms with Crippen LogP contribution < -0.4 is 0 Å². The van der Waals surface area contributed by atoms with Crippen LogP contribution in [0.5, 0.6) is 0 Å². The number of carbonyl (C=O) groups excluding carboxylic acids is 2. The second-order valence-electron chi connectivity index (χ2n) is 4.77. The van der Waals surface area contributed by atoms with Crippen molar-refractivity contribution in [3.8, 4) is 0 Å². The van der Waals surface area contributed by atoms with E-state index in [2.05, 4.69) is 9.47 Å². The number of halogens is 6. The van der Waals surface area contributed by atoms with Crippen molar-refractivity contribution in [3.05, 3.63) is 12.2 Å². The van der Waals surface area contributed by atoms with Crippen molar-refractivity contribution in [2.45, 2.75) is 44.8 Å². The van der Waals surface area contributed by atoms with Crippen LogP contribution in [0.1, 0.15) is 20.8 Å². The third kappa shape index (κ3) is 8.20. The van der Waals surface area contributed by atoms with Gasteiger partial charge in [-0.3, -0.25) is 0 Å². The van der Waals surface area contributed by atoms with E-state index in [-0.39, 0.29) is 6.08 Å². The second-order valence-corrected chi connectivity index (χ2v) is 4.77. The van der Waals surface area contributed by atoms with Crippen LogP contribution in [0.2, 0.25) is 0 Å². The first-order valence-electron chi connectivity index (χ1n) is 5.38. The molecule has 0 aromatic carbocycles. The lowest BCUT2D eigenvalue weighted by Crippen LogP contribution is -2.45. The van der Waals surface area contributed by atoms with E-state index in [0.717, 1.165) is 0 Å². The van der Waals surface area contributed by atoms with Crippen molar-refractivity contribution in [1.29, 1.82) is 0 Å². The van der Waals surface area contributed by atoms with Crippen LogP contribution in [0.25, 0.3) is 0 Å². The van der Waals surface area contributed by atoms with Crippen LogP contribution in [0.4, 0.5) is 26.3 Å². The molecule has 0 bridgehead atoms. The number of alkyl halides is 6. The minimum absolute atomic E-state index is 0.124. The average Bonchev–Trinajstić information content (AvgIpc) is 2.17. The molecule has 0 spiro atoms. The summed E-state index contributed by atoms with van der Waals surface area (Å²) in [5.41, 5.74) is -0.939. The fourth-order valence-electron chi connectivity index (χ4n) is 0.947. The molecule has 0 unspecified atom stereocenters. The summed E-state index contributed by atoms with van der Waals surface area (Å²) in [7, 11) is 0. The molecule has 0 amide bonds. The highest BCUT2D eigenvalue weighted by Crippen LogP contribution is 2.35. The first kappa shape index (κ1) is 19.3. The Balaban J connectivity index is 4.78. The molecular weight excluding hydrogens is 310 g/mol. The first-order chi connectivity index (χ1) is 9.13. The Labute approximate surface area is 115 Å². The lowest BCUT2D eigenvalue weighted by molar-refractivity contribution is -0.312. The number of carbonyl (C=O) groups is 2. The smallest absolute Gasteiger partial charge is 0.434 e. The van der Waals surface area contributed by atoms with E-state index < -0.39 is 36.0 Å². The summed E-state index contributed by atoms with van der Waals surface area (Å²) in [4.78, 5) is 22.0. The fourth-order valence-corrected chi connectivity index (χ4v) is 0.947. The van der Waals surface area contributed by atoms with Gasteiger partial charge in [-0.2, -0.15) is 26.3 Å². The van der Waals surface area contributed by atoms with Crippen molar-refractivity contribution >= 4 is 11.9 Å². The minimum Gasteiger partial charge on any atom is -0.457 e. The number of ether oxygens (including phenoxy) is 2. The van der Waals surface area contributed by atoms with Gasteiger partial charge in [-0.1, -0.05) is 0 Å². The van der Waals surface area contributed by atoms with Gasteiger partial charge in [0.05, 0.1) is 0 Å². The molecule has 122 valence electrons. The second kappa shape index (κ2) is 6.35. The maximum Gasteiger partial charge on any atom is 0.434 e. The highest BCUT2D eigenvalue weighted by Gasteiger charge is 2.59. The number of esters is 2. The highest BCUT2D eigenvalue weighted by atomic mass is 19.4. The van der Waals surface area contributed by atoms with Crippen LogP contribution in [0, 0.1) is 0 Å². The topological polar surface area (TPSA) is 52.6 Å². The Kier molecular flexibility index (Phi) is 5.83. The molecule has 0 aromatic rings. The summed E-state index contributed by atoms with van der Waals surface area (Å²) in [6.07, 6.45) is -15.4. The molecule has 10 heteroatoms. The molecule has 0 N–H and O–H groups in total. The third-order valence-corrected chi connectivity index (χ3v) is 1.59. The Morgan fingerprint density at radius 2 is 1.24 bits per heavy atom. The summed E-state index contributed by atoms with van der Waals surface area (Å²) >= 11 is 0. The fraction of sp³-hybridized carbons (Fsp3) is 0.636. The summed E-state index contributed by atoms with van der Waals surface area (Å²) in [5, 5.41) is 0. The number of hydrogen-bond acceptors (Lipinski definition) is 4. The normalized spacial score (nSPS) is 13.6. The van der Waals surface area contributed by atoms with E-state index in [1.165, 1.54) is 20.8 Å². The molecule has 0 aromatic heterocycles. The predicted octanol–water partition coefficient (Wildman–Crippen LogP) is 2.92. The maximum atomic E-state index is 12.1. The van der Waals surface area contributed by atoms with Gasteiger partial charge in [-0.25, -0.2) is 9.59 Å². The standard InChI is InChI=1S/C11H12F6O4/c1-9(2,3)21-7(19)5-4-6(18)20-8(10(12,13)14)11(15,16)17/h4-5,8H,1-3H3. The lowest BCUT2D eigenvalue weighted by atomic mass is 10.2. The summed E-state index contributed by atoms with van der Waals surface area (Å²) in [6, 6.07) is 0. The average molecular weight is 322 g/mol. The van der Waals surface area contributed by atoms with Crippen molar-refractivity contribution in [3.63, 3.8) is 0 Å². The first-order valence-corrected chi connectivity index (χ1v) is 5.38. The van der Waals surface area contributed by atoms with Gasteiger partial charge in [0, 0.05) is 12.2 Å². The molecule has 0 heterocycles. The molecule has 0 atom stereocenters. The van der Waals surface area contributed by atoms with Crippen molar-refractivity contribution in [2.24, 2.45) is 0 Å². The lowest BCUT2D eigenvalue weighted by Gasteiger charge is -2.22. The van der Waals surface area contributed by atoms with E-state index in [4.69, 9.17) is 0 Å². The molecule has 21 heavy (non-hydrogen) atoms. The monoisotopic (exact) mass is 322 g/mol. The Morgan fingerprint density at radius 3 is 1.57 bits per heavy atom. The number of rotatable bonds is 3. The number of hydrogen-bond donors (Lipinski definition) is 0. The van der Waals surface area contributed by atoms with Crippen LogP contribution in [-0.2, 0) is 19.1 Å². The Bertz CT molecular complexity index is 402. The Hall–Kier alpha value is -1.74. The van der Waals surface area contributed by atoms with Crippen molar-refractivity contribution in [2.75, 3.05) is 0 Å². The van der Waals surface area contributed by atoms with Crippen LogP contribution >= 0.6 is 0 Å². The van der Waals surface area contributed by atoms with Gasteiger partial charge in [0.25, 0.3) is 6.10 Å². The van der Waals surface area contributed by atoms with Gasteiger partial charge in [0.1, 0.15) is 5.60 Å². The molecule has 4 nitrogen and oxygen atoms in total. The molecular formula is C11H12F6O4. The zero-order chi connectivity index (χ0) is 17.1. The van der Waals surface area contributed by atoms with Crippen molar-refractivity contribution in [1.82, 2.24) is 0 Å². The van der Waals surface area contributed by atoms with Crippen LogP contribution in [0.15, 0.2) is 12.2 Å². The predicted molar refractivity (Wildman–Crippen MR) is 57.0 cm³/mol. The van der Waals surface area contributed by atoms with Gasteiger partial charge in [-0.05, 0) is 20.8 Å². The van der Waals surface area contributed by atoms with Gasteiger partial charge in [-0.15, -0.1) is 0 Å². The van der Waals surface area contributed by atoms with E-state index in [0.29, 0.717) is 6.08 Å². The molecule has 0 aliphatic rings. The van der Waals surface area contributed by atoms with Gasteiger partial charge >= 0.3 is 24.3 Å². The summed E-state index contributed by atoms with van der Waals surface area (Å²) in [5.74, 6) is -3.09. The van der Waals surface area contributed by atoms with E-state index in [1.54, 1.807) is 0 Å². The van der Waals surface area contributed by atoms with E-state index >= 15 is 0 Å².